The second-order valence-corrected chi connectivity index (χ2v) is 17.8. The molecule has 5 bridgehead atoms. The van der Waals surface area contributed by atoms with Gasteiger partial charge in [0.25, 0.3) is 17.6 Å². The predicted octanol–water partition coefficient (Wildman–Crippen LogP) is 4.02. The average molecular weight is 960 g/mol. The molecule has 4 aliphatic rings. The van der Waals surface area contributed by atoms with Crippen molar-refractivity contribution in [3.8, 4) is 23.0 Å². The van der Waals surface area contributed by atoms with E-state index in [1.54, 1.807) is 57.0 Å². The van der Waals surface area contributed by atoms with Crippen molar-refractivity contribution in [3.63, 3.8) is 0 Å². The van der Waals surface area contributed by atoms with Gasteiger partial charge in [-0.25, -0.2) is 5.84 Å². The van der Waals surface area contributed by atoms with Crippen LogP contribution in [0.25, 0.3) is 10.8 Å². The molecule has 4 aliphatic heterocycles. The summed E-state index contributed by atoms with van der Waals surface area (Å²) >= 11 is 0. The number of nitrogen functional groups attached to an aromatic ring is 1. The molecular weight excluding hydrogens is 895 g/mol. The number of pyridine rings is 1. The summed E-state index contributed by atoms with van der Waals surface area (Å²) < 4.78 is 23.6. The number of methoxy groups -OCH3 is 1. The van der Waals surface area contributed by atoms with E-state index in [0.717, 1.165) is 13.1 Å². The Morgan fingerprint density at radius 3 is 2.22 bits per heavy atom. The van der Waals surface area contributed by atoms with Gasteiger partial charge >= 0.3 is 11.8 Å². The minimum absolute atomic E-state index is 0.0559. The zero-order chi connectivity index (χ0) is 51.1. The van der Waals surface area contributed by atoms with E-state index in [1.807, 2.05) is 12.5 Å². The fourth-order valence-electron chi connectivity index (χ4n) is 8.51. The Balaban J connectivity index is 0.000000787. The number of amides is 2. The highest BCUT2D eigenvalue weighted by molar-refractivity contribution is 6.23. The molecule has 0 unspecified atom stereocenters. The molecule has 20 nitrogen and oxygen atoms in total. The van der Waals surface area contributed by atoms with E-state index in [4.69, 9.17) is 24.8 Å². The third-order valence-electron chi connectivity index (χ3n) is 12.9. The van der Waals surface area contributed by atoms with Crippen LogP contribution >= 0.6 is 0 Å². The molecule has 2 amide bonds. The van der Waals surface area contributed by atoms with Gasteiger partial charge in [0.2, 0.25) is 0 Å². The maximum absolute atomic E-state index is 14.4. The number of nitrogens with zero attached hydrogens (tertiary/aromatic N) is 4. The van der Waals surface area contributed by atoms with Crippen LogP contribution in [0.15, 0.2) is 65.8 Å². The molecule has 9 atom stereocenters. The number of benzene rings is 2. The highest BCUT2D eigenvalue weighted by Gasteiger charge is 2.50. The monoisotopic (exact) mass is 959 g/mol. The third kappa shape index (κ3) is 11.7. The quantitative estimate of drug-likeness (QED) is 0.0341. The van der Waals surface area contributed by atoms with Crippen molar-refractivity contribution < 1.29 is 63.7 Å². The number of fused-ring (bicyclic) bond motifs is 14. The number of hydrazone groups is 1. The van der Waals surface area contributed by atoms with Crippen LogP contribution in [-0.4, -0.2) is 141 Å². The number of aromatic hydroxyl groups is 3. The van der Waals surface area contributed by atoms with Gasteiger partial charge in [0, 0.05) is 105 Å². The van der Waals surface area contributed by atoms with Gasteiger partial charge in [0.15, 0.2) is 5.75 Å². The summed E-state index contributed by atoms with van der Waals surface area (Å²) in [5.41, 5.74) is 2.18. The Labute approximate surface area is 401 Å². The molecular formula is C49H65N7O13. The Kier molecular flexibility index (Phi) is 17.5. The lowest BCUT2D eigenvalue weighted by Crippen LogP contribution is -2.46. The number of carbonyl (C=O) groups excluding carboxylic acids is 4. The fraction of sp³-hybridized carbons (Fsp3) is 0.469. The number of hydrogen-bond acceptors (Lipinski definition) is 18. The number of Topliss-reactive ketones (excluding diaryl/α,β-unsaturated/α-hetero) is 1. The summed E-state index contributed by atoms with van der Waals surface area (Å²) in [5.74, 6) is -3.76. The number of carbonyl (C=O) groups is 4. The number of nitrogens with one attached hydrogen (secondary N) is 2. The largest absolute Gasteiger partial charge is 0.507 e. The van der Waals surface area contributed by atoms with Crippen LogP contribution in [0.2, 0.25) is 0 Å². The van der Waals surface area contributed by atoms with Crippen LogP contribution in [0.3, 0.4) is 0 Å². The molecule has 374 valence electrons. The molecule has 5 heterocycles. The Morgan fingerprint density at radius 2 is 1.61 bits per heavy atom. The number of anilines is 1. The van der Waals surface area contributed by atoms with Gasteiger partial charge in [-0.1, -0.05) is 45.9 Å². The number of esters is 1. The van der Waals surface area contributed by atoms with E-state index in [-0.39, 0.29) is 50.4 Å². The van der Waals surface area contributed by atoms with Crippen molar-refractivity contribution in [3.05, 3.63) is 82.9 Å². The number of aliphatic hydroxyl groups is 2. The van der Waals surface area contributed by atoms with Gasteiger partial charge in [-0.15, -0.1) is 0 Å². The number of ketones is 1. The van der Waals surface area contributed by atoms with Crippen LogP contribution in [0, 0.1) is 30.6 Å². The molecule has 1 saturated heterocycles. The predicted molar refractivity (Wildman–Crippen MR) is 256 cm³/mol. The van der Waals surface area contributed by atoms with E-state index >= 15 is 0 Å². The Bertz CT molecular complexity index is 2510. The summed E-state index contributed by atoms with van der Waals surface area (Å²) in [5, 5.41) is 66.8. The zero-order valence-corrected chi connectivity index (χ0v) is 40.6. The molecule has 0 spiro atoms. The summed E-state index contributed by atoms with van der Waals surface area (Å²) in [4.78, 5) is 57.1. The molecule has 3 aromatic rings. The number of piperazine rings is 1. The molecule has 0 radical (unpaired) electrons. The molecule has 9 N–H and O–H groups in total. The Morgan fingerprint density at radius 1 is 0.957 bits per heavy atom. The fourth-order valence-corrected chi connectivity index (χ4v) is 8.51. The number of rotatable bonds is 5. The van der Waals surface area contributed by atoms with Crippen LogP contribution in [-0.2, 0) is 23.8 Å². The molecule has 2 aromatic carbocycles. The lowest BCUT2D eigenvalue weighted by Gasteiger charge is -2.38. The maximum Gasteiger partial charge on any atom is 0.312 e. The molecule has 0 saturated carbocycles. The van der Waals surface area contributed by atoms with Gasteiger partial charge in [-0.05, 0) is 39.1 Å². The molecule has 7 rings (SSSR count). The smallest absolute Gasteiger partial charge is 0.312 e. The normalized spacial score (nSPS) is 28.7. The molecule has 69 heavy (non-hydrogen) atoms. The van der Waals surface area contributed by atoms with E-state index in [2.05, 4.69) is 20.3 Å². The number of hydrazine groups is 1. The zero-order valence-electron chi connectivity index (χ0n) is 40.6. The van der Waals surface area contributed by atoms with Crippen LogP contribution in [0.1, 0.15) is 80.3 Å². The Hall–Kier alpha value is -6.58. The van der Waals surface area contributed by atoms with Gasteiger partial charge < -0.3 is 54.7 Å². The van der Waals surface area contributed by atoms with E-state index in [0.29, 0.717) is 18.7 Å². The number of phenols is 3. The number of nitrogens with two attached hydrogens (primary N) is 1. The van der Waals surface area contributed by atoms with Crippen molar-refractivity contribution in [1.82, 2.24) is 20.3 Å². The van der Waals surface area contributed by atoms with Gasteiger partial charge in [-0.3, -0.25) is 34.6 Å². The van der Waals surface area contributed by atoms with Gasteiger partial charge in [0.1, 0.15) is 23.4 Å². The SMILES string of the molecule is CO[C@H]1/C=C/O[C@@]2(C)Oc3c(C)c(O)c4c(O)c(c(/C=N\N5CCN(C)CC5)c(O)c4c3C2=O)NC(=O)/C(C)=C\C=C\[C@H](C)[C@H](O)[C@@H](C)[C@@H](O)[C@@H](C)[C@H](OC(C)=O)[C@@H]1C.NNC(=O)c1ccncc1. The van der Waals surface area contributed by atoms with E-state index < -0.39 is 88.8 Å². The van der Waals surface area contributed by atoms with E-state index in [1.165, 1.54) is 71.8 Å². The van der Waals surface area contributed by atoms with Crippen molar-refractivity contribution >= 4 is 46.2 Å². The van der Waals surface area contributed by atoms with Crippen LogP contribution in [0.4, 0.5) is 5.69 Å². The van der Waals surface area contributed by atoms with Crippen molar-refractivity contribution in [2.24, 2.45) is 34.6 Å². The summed E-state index contributed by atoms with van der Waals surface area (Å²) in [6, 6.07) is 3.17. The highest BCUT2D eigenvalue weighted by Crippen LogP contribution is 2.55. The first kappa shape index (κ1) is 53.4. The summed E-state index contributed by atoms with van der Waals surface area (Å²) in [6.45, 7) is 15.1. The minimum atomic E-state index is -2.04. The molecule has 1 fully saturated rings. The molecule has 0 aliphatic carbocycles. The first-order chi connectivity index (χ1) is 32.6. The maximum atomic E-state index is 14.4. The third-order valence-corrected chi connectivity index (χ3v) is 12.9. The lowest BCUT2D eigenvalue weighted by molar-refractivity contribution is -0.160. The van der Waals surface area contributed by atoms with Crippen molar-refractivity contribution in [2.45, 2.75) is 85.6 Å². The van der Waals surface area contributed by atoms with Crippen LogP contribution < -0.4 is 21.3 Å². The first-order valence-corrected chi connectivity index (χ1v) is 22.5. The summed E-state index contributed by atoms with van der Waals surface area (Å²) in [6.07, 6.45) is 7.93. The standard InChI is InChI=1S/C43H58N4O12.C6H7N3O/c1-21-12-11-13-22(2)42(55)45-33-28(20-44-47-17-15-46(9)16-18-47)37(52)30-31(38(33)53)36(51)26(6)40-32(30)41(54)43(8,59-40)57-19-14-29(56-10)23(3)39(58-27(7)48)25(5)35(50)24(4)34(21)49;7-9-6(10)5-1-3-8-4-2-5/h11-14,19-21,23-25,29,34-35,39,49-53H,15-18H2,1-10H3,(H,45,55);1-4H,7H2,(H,9,10)/b12-11+,19-14+,22-13-,44-20-;/t21-,23+,24+,25+,29-,34-,35+,39+,43-;/m0./s1. The number of aliphatic hydroxyl groups excluding tert-OH is 2. The van der Waals surface area contributed by atoms with Gasteiger partial charge in [0.05, 0.1) is 53.0 Å². The number of ether oxygens (including phenoxy) is 4. The second-order valence-electron chi connectivity index (χ2n) is 17.8. The lowest BCUT2D eigenvalue weighted by atomic mass is 9.78. The van der Waals surface area contributed by atoms with Crippen LogP contribution in [0.5, 0.6) is 23.0 Å². The van der Waals surface area contributed by atoms with E-state index in [9.17, 15) is 44.7 Å². The number of aromatic nitrogens is 1. The highest BCUT2D eigenvalue weighted by atomic mass is 16.7. The topological polar surface area (TPSA) is 288 Å². The molecule has 1 aromatic heterocycles. The molecule has 20 heteroatoms. The number of phenolic OH excluding ortho intramolecular Hbond substituents is 3. The van der Waals surface area contributed by atoms with Crippen molar-refractivity contribution in [1.29, 1.82) is 0 Å². The second kappa shape index (κ2) is 22.7. The summed E-state index contributed by atoms with van der Waals surface area (Å²) in [7, 11) is 3.42. The van der Waals surface area contributed by atoms with Gasteiger partial charge in [-0.2, -0.15) is 5.10 Å². The van der Waals surface area contributed by atoms with Crippen molar-refractivity contribution in [2.75, 3.05) is 45.7 Å². The number of allylic oxidation sites excluding steroid dienone is 2. The number of hydrogen-bond donors (Lipinski definition) is 8. The minimum Gasteiger partial charge on any atom is -0.507 e. The number of likely N-dealkylation sites (N-methyl/N-ethyl adjacent to an activating group) is 1. The first-order valence-electron chi connectivity index (χ1n) is 22.5. The average Bonchev–Trinajstić information content (AvgIpc) is 3.60.